The van der Waals surface area contributed by atoms with Gasteiger partial charge in [0.15, 0.2) is 0 Å². The number of amides is 1. The second-order valence-electron chi connectivity index (χ2n) is 5.16. The summed E-state index contributed by atoms with van der Waals surface area (Å²) in [6.07, 6.45) is 6.45. The lowest BCUT2D eigenvalue weighted by Gasteiger charge is -2.34. The van der Waals surface area contributed by atoms with Crippen LogP contribution in [0.5, 0.6) is 0 Å². The minimum atomic E-state index is 0. The highest BCUT2D eigenvalue weighted by Gasteiger charge is 2.25. The van der Waals surface area contributed by atoms with Crippen LogP contribution in [-0.2, 0) is 9.53 Å². The first-order valence-electron chi connectivity index (χ1n) is 6.86. The molecule has 0 radical (unpaired) electrons. The number of hydrogen-bond acceptors (Lipinski definition) is 3. The highest BCUT2D eigenvalue weighted by Crippen LogP contribution is 2.18. The lowest BCUT2D eigenvalue weighted by atomic mass is 10.0. The first-order chi connectivity index (χ1) is 8.29. The fourth-order valence-corrected chi connectivity index (χ4v) is 2.73. The summed E-state index contributed by atoms with van der Waals surface area (Å²) < 4.78 is 5.63. The zero-order valence-electron chi connectivity index (χ0n) is 11.2. The van der Waals surface area contributed by atoms with Crippen molar-refractivity contribution in [3.05, 3.63) is 0 Å². The van der Waals surface area contributed by atoms with E-state index in [0.717, 1.165) is 39.0 Å². The number of ether oxygens (including phenoxy) is 1. The van der Waals surface area contributed by atoms with Crippen molar-refractivity contribution in [2.75, 3.05) is 26.7 Å². The number of nitrogens with one attached hydrogen (secondary N) is 1. The van der Waals surface area contributed by atoms with E-state index >= 15 is 0 Å². The van der Waals surface area contributed by atoms with Crippen LogP contribution in [0.4, 0.5) is 0 Å². The van der Waals surface area contributed by atoms with Crippen LogP contribution in [0, 0.1) is 0 Å². The van der Waals surface area contributed by atoms with Crippen LogP contribution in [0.1, 0.15) is 38.5 Å². The SMILES string of the molecule is CNC1CCCN(C(=O)CC2CCCCO2)C1.Cl. The number of nitrogens with zero attached hydrogens (tertiary/aromatic N) is 1. The maximum absolute atomic E-state index is 12.1. The average molecular weight is 277 g/mol. The first kappa shape index (κ1) is 15.7. The highest BCUT2D eigenvalue weighted by molar-refractivity contribution is 5.85. The van der Waals surface area contributed by atoms with Gasteiger partial charge in [0.25, 0.3) is 0 Å². The number of likely N-dealkylation sites (tertiary alicyclic amines) is 1. The molecule has 0 saturated carbocycles. The number of likely N-dealkylation sites (N-methyl/N-ethyl adjacent to an activating group) is 1. The number of carbonyl (C=O) groups is 1. The molecule has 2 rings (SSSR count). The zero-order chi connectivity index (χ0) is 12.1. The normalized spacial score (nSPS) is 28.6. The van der Waals surface area contributed by atoms with Crippen molar-refractivity contribution in [2.45, 2.75) is 50.7 Å². The molecule has 5 heteroatoms. The summed E-state index contributed by atoms with van der Waals surface area (Å²) in [7, 11) is 1.98. The quantitative estimate of drug-likeness (QED) is 0.851. The summed E-state index contributed by atoms with van der Waals surface area (Å²) in [6, 6.07) is 0.472. The molecule has 4 nitrogen and oxygen atoms in total. The Bertz CT molecular complexity index is 257. The maximum atomic E-state index is 12.1. The molecule has 0 spiro atoms. The van der Waals surface area contributed by atoms with Gasteiger partial charge in [0.2, 0.25) is 5.91 Å². The van der Waals surface area contributed by atoms with E-state index in [-0.39, 0.29) is 24.4 Å². The van der Waals surface area contributed by atoms with Gasteiger partial charge in [-0.3, -0.25) is 4.79 Å². The van der Waals surface area contributed by atoms with Crippen molar-refractivity contribution in [1.82, 2.24) is 10.2 Å². The molecule has 1 N–H and O–H groups in total. The van der Waals surface area contributed by atoms with E-state index in [4.69, 9.17) is 4.74 Å². The molecule has 2 aliphatic rings. The molecule has 1 amide bonds. The Kier molecular flexibility index (Phi) is 6.97. The Labute approximate surface area is 116 Å². The molecule has 2 atom stereocenters. The van der Waals surface area contributed by atoms with Gasteiger partial charge in [-0.05, 0) is 39.2 Å². The van der Waals surface area contributed by atoms with Gasteiger partial charge in [-0.2, -0.15) is 0 Å². The molecule has 0 bridgehead atoms. The van der Waals surface area contributed by atoms with Crippen LogP contribution in [0.3, 0.4) is 0 Å². The van der Waals surface area contributed by atoms with Crippen LogP contribution in [0.25, 0.3) is 0 Å². The molecule has 2 unspecified atom stereocenters. The third-order valence-electron chi connectivity index (χ3n) is 3.86. The van der Waals surface area contributed by atoms with Crippen molar-refractivity contribution in [3.63, 3.8) is 0 Å². The van der Waals surface area contributed by atoms with Gasteiger partial charge >= 0.3 is 0 Å². The van der Waals surface area contributed by atoms with Gasteiger partial charge in [-0.1, -0.05) is 0 Å². The average Bonchev–Trinajstić information content (AvgIpc) is 2.40. The van der Waals surface area contributed by atoms with E-state index in [1.54, 1.807) is 0 Å². The fraction of sp³-hybridized carbons (Fsp3) is 0.923. The second kappa shape index (κ2) is 7.97. The zero-order valence-corrected chi connectivity index (χ0v) is 12.0. The molecule has 2 saturated heterocycles. The molecule has 0 aromatic rings. The Hall–Kier alpha value is -0.320. The van der Waals surface area contributed by atoms with E-state index in [2.05, 4.69) is 5.32 Å². The molecule has 2 aliphatic heterocycles. The smallest absolute Gasteiger partial charge is 0.225 e. The van der Waals surface area contributed by atoms with Gasteiger partial charge in [-0.25, -0.2) is 0 Å². The number of halogens is 1. The maximum Gasteiger partial charge on any atom is 0.225 e. The third-order valence-corrected chi connectivity index (χ3v) is 3.86. The topological polar surface area (TPSA) is 41.6 Å². The van der Waals surface area contributed by atoms with Crippen molar-refractivity contribution in [2.24, 2.45) is 0 Å². The van der Waals surface area contributed by atoms with Gasteiger partial charge in [-0.15, -0.1) is 12.4 Å². The standard InChI is InChI=1S/C13H24N2O2.ClH/c1-14-11-5-4-7-15(10-11)13(16)9-12-6-2-3-8-17-12;/h11-12,14H,2-10H2,1H3;1H. The van der Waals surface area contributed by atoms with Gasteiger partial charge in [0, 0.05) is 25.7 Å². The van der Waals surface area contributed by atoms with E-state index in [9.17, 15) is 4.79 Å². The predicted octanol–water partition coefficient (Wildman–Crippen LogP) is 1.58. The highest BCUT2D eigenvalue weighted by atomic mass is 35.5. The number of hydrogen-bond donors (Lipinski definition) is 1. The number of rotatable bonds is 3. The number of carbonyl (C=O) groups excluding carboxylic acids is 1. The van der Waals surface area contributed by atoms with E-state index < -0.39 is 0 Å². The van der Waals surface area contributed by atoms with Crippen LogP contribution in [-0.4, -0.2) is 49.7 Å². The summed E-state index contributed by atoms with van der Waals surface area (Å²) >= 11 is 0. The van der Waals surface area contributed by atoms with Gasteiger partial charge in [0.05, 0.1) is 12.5 Å². The fourth-order valence-electron chi connectivity index (χ4n) is 2.73. The van der Waals surface area contributed by atoms with Crippen LogP contribution >= 0.6 is 12.4 Å². The summed E-state index contributed by atoms with van der Waals surface area (Å²) in [5.74, 6) is 0.275. The Morgan fingerprint density at radius 1 is 1.33 bits per heavy atom. The molecule has 0 aliphatic carbocycles. The molecular weight excluding hydrogens is 252 g/mol. The Morgan fingerprint density at radius 2 is 2.17 bits per heavy atom. The molecule has 0 aromatic heterocycles. The monoisotopic (exact) mass is 276 g/mol. The largest absolute Gasteiger partial charge is 0.378 e. The van der Waals surface area contributed by atoms with Crippen molar-refractivity contribution in [3.8, 4) is 0 Å². The van der Waals surface area contributed by atoms with E-state index in [1.165, 1.54) is 12.8 Å². The summed E-state index contributed by atoms with van der Waals surface area (Å²) in [5.41, 5.74) is 0. The van der Waals surface area contributed by atoms with E-state index in [0.29, 0.717) is 12.5 Å². The number of piperidine rings is 1. The van der Waals surface area contributed by atoms with Crippen LogP contribution in [0.2, 0.25) is 0 Å². The lowest BCUT2D eigenvalue weighted by molar-refractivity contribution is -0.136. The summed E-state index contributed by atoms with van der Waals surface area (Å²) in [6.45, 7) is 2.61. The van der Waals surface area contributed by atoms with Crippen molar-refractivity contribution in [1.29, 1.82) is 0 Å². The molecule has 18 heavy (non-hydrogen) atoms. The van der Waals surface area contributed by atoms with Crippen molar-refractivity contribution >= 4 is 18.3 Å². The lowest BCUT2D eigenvalue weighted by Crippen LogP contribution is -2.47. The first-order valence-corrected chi connectivity index (χ1v) is 6.86. The van der Waals surface area contributed by atoms with Crippen molar-refractivity contribution < 1.29 is 9.53 Å². The second-order valence-corrected chi connectivity index (χ2v) is 5.16. The van der Waals surface area contributed by atoms with Crippen LogP contribution in [0.15, 0.2) is 0 Å². The van der Waals surface area contributed by atoms with Gasteiger partial charge in [0.1, 0.15) is 0 Å². The minimum Gasteiger partial charge on any atom is -0.378 e. The summed E-state index contributed by atoms with van der Waals surface area (Å²) in [4.78, 5) is 14.1. The Morgan fingerprint density at radius 3 is 2.83 bits per heavy atom. The molecule has 106 valence electrons. The molecule has 0 aromatic carbocycles. The third kappa shape index (κ3) is 4.41. The molecule has 2 heterocycles. The minimum absolute atomic E-state index is 0. The van der Waals surface area contributed by atoms with Crippen LogP contribution < -0.4 is 5.32 Å². The van der Waals surface area contributed by atoms with Gasteiger partial charge < -0.3 is 15.0 Å². The summed E-state index contributed by atoms with van der Waals surface area (Å²) in [5, 5.41) is 3.27. The van der Waals surface area contributed by atoms with E-state index in [1.807, 2.05) is 11.9 Å². The Balaban J connectivity index is 0.00000162. The molecule has 2 fully saturated rings. The predicted molar refractivity (Wildman–Crippen MR) is 74.1 cm³/mol. The molecular formula is C13H25ClN2O2.